The molecule has 5 nitrogen and oxygen atoms in total. The highest BCUT2D eigenvalue weighted by Crippen LogP contribution is 1.98. The van der Waals surface area contributed by atoms with Crippen LogP contribution in [0.5, 0.6) is 0 Å². The molecule has 0 radical (unpaired) electrons. The number of rotatable bonds is 7. The van der Waals surface area contributed by atoms with E-state index >= 15 is 0 Å². The molecule has 0 aliphatic rings. The van der Waals surface area contributed by atoms with E-state index in [4.69, 9.17) is 10.00 Å². The number of amides is 1. The van der Waals surface area contributed by atoms with E-state index in [1.807, 2.05) is 6.07 Å². The maximum absolute atomic E-state index is 11.6. The molecule has 0 bridgehead atoms. The van der Waals surface area contributed by atoms with Gasteiger partial charge in [-0.1, -0.05) is 6.92 Å². The summed E-state index contributed by atoms with van der Waals surface area (Å²) in [6, 6.07) is 5.07. The lowest BCUT2D eigenvalue weighted by molar-refractivity contribution is 0.0936. The molecule has 0 fully saturated rings. The maximum Gasteiger partial charge on any atom is 0.269 e. The normalized spacial score (nSPS) is 9.78. The van der Waals surface area contributed by atoms with Crippen LogP contribution in [0.15, 0.2) is 18.3 Å². The Hall–Kier alpha value is -1.93. The van der Waals surface area contributed by atoms with Crippen LogP contribution in [0.25, 0.3) is 0 Å². The third-order valence-electron chi connectivity index (χ3n) is 2.22. The van der Waals surface area contributed by atoms with Crippen LogP contribution in [-0.2, 0) is 4.74 Å². The topological polar surface area (TPSA) is 75.0 Å². The van der Waals surface area contributed by atoms with E-state index in [1.165, 1.54) is 6.20 Å². The summed E-state index contributed by atoms with van der Waals surface area (Å²) < 4.78 is 5.30. The van der Waals surface area contributed by atoms with Gasteiger partial charge in [-0.3, -0.25) is 4.79 Å². The van der Waals surface area contributed by atoms with E-state index in [2.05, 4.69) is 17.2 Å². The van der Waals surface area contributed by atoms with Crippen molar-refractivity contribution < 1.29 is 9.53 Å². The van der Waals surface area contributed by atoms with Gasteiger partial charge >= 0.3 is 0 Å². The monoisotopic (exact) mass is 247 g/mol. The molecular weight excluding hydrogens is 230 g/mol. The molecule has 0 atom stereocenters. The van der Waals surface area contributed by atoms with Crippen LogP contribution >= 0.6 is 0 Å². The van der Waals surface area contributed by atoms with Gasteiger partial charge in [0.1, 0.15) is 11.8 Å². The largest absolute Gasteiger partial charge is 0.381 e. The summed E-state index contributed by atoms with van der Waals surface area (Å²) in [5, 5.41) is 11.4. The molecule has 18 heavy (non-hydrogen) atoms. The number of aromatic nitrogens is 1. The van der Waals surface area contributed by atoms with Crippen LogP contribution in [0, 0.1) is 11.3 Å². The van der Waals surface area contributed by atoms with Crippen molar-refractivity contribution in [2.75, 3.05) is 19.8 Å². The first kappa shape index (κ1) is 14.1. The van der Waals surface area contributed by atoms with E-state index < -0.39 is 0 Å². The van der Waals surface area contributed by atoms with Crippen molar-refractivity contribution in [2.24, 2.45) is 0 Å². The zero-order chi connectivity index (χ0) is 13.2. The zero-order valence-corrected chi connectivity index (χ0v) is 10.5. The van der Waals surface area contributed by atoms with Gasteiger partial charge < -0.3 is 10.1 Å². The summed E-state index contributed by atoms with van der Waals surface area (Å²) >= 11 is 0. The highest BCUT2D eigenvalue weighted by Gasteiger charge is 2.05. The van der Waals surface area contributed by atoms with Gasteiger partial charge in [-0.2, -0.15) is 5.26 Å². The minimum Gasteiger partial charge on any atom is -0.381 e. The third-order valence-corrected chi connectivity index (χ3v) is 2.22. The molecule has 1 aromatic rings. The van der Waals surface area contributed by atoms with Crippen LogP contribution in [0.2, 0.25) is 0 Å². The highest BCUT2D eigenvalue weighted by molar-refractivity contribution is 5.92. The Kier molecular flexibility index (Phi) is 6.44. The Bertz CT molecular complexity index is 409. The van der Waals surface area contributed by atoms with Gasteiger partial charge in [0.2, 0.25) is 0 Å². The van der Waals surface area contributed by atoms with Crippen molar-refractivity contribution in [3.05, 3.63) is 29.6 Å². The van der Waals surface area contributed by atoms with Gasteiger partial charge in [-0.25, -0.2) is 4.98 Å². The molecule has 1 aromatic heterocycles. The summed E-state index contributed by atoms with van der Waals surface area (Å²) in [4.78, 5) is 15.5. The number of hydrogen-bond acceptors (Lipinski definition) is 4. The number of nitrogens with zero attached hydrogens (tertiary/aromatic N) is 2. The second kappa shape index (κ2) is 8.20. The summed E-state index contributed by atoms with van der Waals surface area (Å²) in [7, 11) is 0. The first-order valence-corrected chi connectivity index (χ1v) is 6.00. The maximum atomic E-state index is 11.6. The SMILES string of the molecule is CCCOCCCNC(=O)c1ccc(C#N)cn1. The summed E-state index contributed by atoms with van der Waals surface area (Å²) in [5.74, 6) is -0.227. The van der Waals surface area contributed by atoms with Crippen LogP contribution in [0.3, 0.4) is 0 Å². The van der Waals surface area contributed by atoms with E-state index in [0.29, 0.717) is 24.4 Å². The average Bonchev–Trinajstić information content (AvgIpc) is 2.42. The lowest BCUT2D eigenvalue weighted by Crippen LogP contribution is -2.26. The number of carbonyl (C=O) groups is 1. The van der Waals surface area contributed by atoms with Crippen molar-refractivity contribution in [2.45, 2.75) is 19.8 Å². The van der Waals surface area contributed by atoms with Crippen molar-refractivity contribution in [3.63, 3.8) is 0 Å². The number of nitrogens with one attached hydrogen (secondary N) is 1. The molecule has 1 heterocycles. The van der Waals surface area contributed by atoms with Crippen molar-refractivity contribution in [1.82, 2.24) is 10.3 Å². The fourth-order valence-electron chi connectivity index (χ4n) is 1.31. The molecule has 1 N–H and O–H groups in total. The molecular formula is C13H17N3O2. The van der Waals surface area contributed by atoms with Crippen LogP contribution < -0.4 is 5.32 Å². The van der Waals surface area contributed by atoms with Crippen LogP contribution in [0.1, 0.15) is 35.8 Å². The molecule has 0 saturated carbocycles. The number of carbonyl (C=O) groups excluding carboxylic acids is 1. The fourth-order valence-corrected chi connectivity index (χ4v) is 1.31. The lowest BCUT2D eigenvalue weighted by atomic mass is 10.2. The summed E-state index contributed by atoms with van der Waals surface area (Å²) in [6.45, 7) is 4.02. The number of hydrogen-bond donors (Lipinski definition) is 1. The Morgan fingerprint density at radius 3 is 2.94 bits per heavy atom. The lowest BCUT2D eigenvalue weighted by Gasteiger charge is -2.05. The second-order valence-corrected chi connectivity index (χ2v) is 3.77. The smallest absolute Gasteiger partial charge is 0.269 e. The molecule has 0 aliphatic heterocycles. The second-order valence-electron chi connectivity index (χ2n) is 3.77. The van der Waals surface area contributed by atoms with Gasteiger partial charge in [0.05, 0.1) is 5.56 Å². The minimum absolute atomic E-state index is 0.227. The van der Waals surface area contributed by atoms with E-state index in [1.54, 1.807) is 12.1 Å². The van der Waals surface area contributed by atoms with Gasteiger partial charge in [0, 0.05) is 26.0 Å². The molecule has 5 heteroatoms. The van der Waals surface area contributed by atoms with Crippen molar-refractivity contribution >= 4 is 5.91 Å². The molecule has 1 amide bonds. The Morgan fingerprint density at radius 1 is 1.50 bits per heavy atom. The van der Waals surface area contributed by atoms with E-state index in [9.17, 15) is 4.79 Å². The Labute approximate surface area is 107 Å². The molecule has 0 saturated heterocycles. The number of nitriles is 1. The standard InChI is InChI=1S/C13H17N3O2/c1-2-7-18-8-3-6-15-13(17)12-5-4-11(9-14)10-16-12/h4-5,10H,2-3,6-8H2,1H3,(H,15,17). The Morgan fingerprint density at radius 2 is 2.33 bits per heavy atom. The van der Waals surface area contributed by atoms with Crippen LogP contribution in [0.4, 0.5) is 0 Å². The average molecular weight is 247 g/mol. The zero-order valence-electron chi connectivity index (χ0n) is 10.5. The van der Waals surface area contributed by atoms with Gasteiger partial charge in [-0.15, -0.1) is 0 Å². The molecule has 0 spiro atoms. The summed E-state index contributed by atoms with van der Waals surface area (Å²) in [5.41, 5.74) is 0.767. The van der Waals surface area contributed by atoms with Gasteiger partial charge in [-0.05, 0) is 25.0 Å². The fraction of sp³-hybridized carbons (Fsp3) is 0.462. The molecule has 0 aliphatic carbocycles. The third kappa shape index (κ3) is 4.93. The minimum atomic E-state index is -0.227. The first-order valence-electron chi connectivity index (χ1n) is 6.00. The quantitative estimate of drug-likeness (QED) is 0.741. The van der Waals surface area contributed by atoms with E-state index in [0.717, 1.165) is 19.4 Å². The highest BCUT2D eigenvalue weighted by atomic mass is 16.5. The predicted molar refractivity (Wildman–Crippen MR) is 67.0 cm³/mol. The Balaban J connectivity index is 2.26. The van der Waals surface area contributed by atoms with Crippen molar-refractivity contribution in [3.8, 4) is 6.07 Å². The number of ether oxygens (including phenoxy) is 1. The van der Waals surface area contributed by atoms with Gasteiger partial charge in [0.15, 0.2) is 0 Å². The first-order chi connectivity index (χ1) is 8.77. The molecule has 0 unspecified atom stereocenters. The summed E-state index contributed by atoms with van der Waals surface area (Å²) in [6.07, 6.45) is 3.17. The van der Waals surface area contributed by atoms with E-state index in [-0.39, 0.29) is 5.91 Å². The van der Waals surface area contributed by atoms with Crippen molar-refractivity contribution in [1.29, 1.82) is 5.26 Å². The van der Waals surface area contributed by atoms with Crippen LogP contribution in [-0.4, -0.2) is 30.6 Å². The molecule has 96 valence electrons. The predicted octanol–water partition coefficient (Wildman–Crippen LogP) is 1.50. The number of pyridine rings is 1. The van der Waals surface area contributed by atoms with Gasteiger partial charge in [0.25, 0.3) is 5.91 Å². The molecule has 0 aromatic carbocycles. The molecule has 1 rings (SSSR count).